The van der Waals surface area contributed by atoms with Crippen molar-refractivity contribution in [2.24, 2.45) is 0 Å². The molecular weight excluding hydrogens is 379 g/mol. The van der Waals surface area contributed by atoms with Gasteiger partial charge < -0.3 is 25.0 Å². The molecule has 9 heteroatoms. The molecule has 0 aromatic heterocycles. The number of cyclic esters (lactones) is 1. The number of morpholine rings is 1. The molecule has 1 aromatic rings. The third-order valence-electron chi connectivity index (χ3n) is 5.72. The maximum atomic E-state index is 15.0. The molecule has 29 heavy (non-hydrogen) atoms. The van der Waals surface area contributed by atoms with E-state index in [0.29, 0.717) is 31.1 Å². The number of benzene rings is 1. The van der Waals surface area contributed by atoms with Crippen LogP contribution in [0.3, 0.4) is 0 Å². The third kappa shape index (κ3) is 4.30. The van der Waals surface area contributed by atoms with Crippen molar-refractivity contribution in [2.45, 2.75) is 31.5 Å². The highest BCUT2D eigenvalue weighted by Crippen LogP contribution is 2.32. The number of hydrogen-bond acceptors (Lipinski definition) is 6. The zero-order valence-corrected chi connectivity index (χ0v) is 16.6. The fourth-order valence-electron chi connectivity index (χ4n) is 4.27. The van der Waals surface area contributed by atoms with E-state index < -0.39 is 12.2 Å². The molecule has 1 unspecified atom stereocenters. The molecule has 0 aliphatic carbocycles. The summed E-state index contributed by atoms with van der Waals surface area (Å²) in [6, 6.07) is 4.83. The minimum Gasteiger partial charge on any atom is -0.442 e. The Labute approximate surface area is 169 Å². The van der Waals surface area contributed by atoms with Gasteiger partial charge in [0.05, 0.1) is 36.7 Å². The number of rotatable bonds is 4. The second-order valence-corrected chi connectivity index (χ2v) is 7.92. The number of hydrogen-bond donors (Lipinski definition) is 2. The van der Waals surface area contributed by atoms with Crippen molar-refractivity contribution in [2.75, 3.05) is 55.7 Å². The molecule has 2 amide bonds. The van der Waals surface area contributed by atoms with E-state index >= 15 is 0 Å². The quantitative estimate of drug-likeness (QED) is 0.783. The van der Waals surface area contributed by atoms with Crippen LogP contribution in [0.4, 0.5) is 20.6 Å². The number of carbonyl (C=O) groups is 2. The number of carbonyl (C=O) groups excluding carboxylic acids is 2. The van der Waals surface area contributed by atoms with Gasteiger partial charge in [0.15, 0.2) is 0 Å². The van der Waals surface area contributed by atoms with Crippen LogP contribution in [0.25, 0.3) is 0 Å². The normalized spacial score (nSPS) is 27.2. The molecule has 3 heterocycles. The van der Waals surface area contributed by atoms with Crippen LogP contribution in [-0.2, 0) is 14.3 Å². The predicted molar refractivity (Wildman–Crippen MR) is 106 cm³/mol. The number of nitrogens with zero attached hydrogens (tertiary/aromatic N) is 2. The molecule has 3 saturated heterocycles. The van der Waals surface area contributed by atoms with E-state index in [2.05, 4.69) is 10.6 Å². The Hall–Kier alpha value is -2.39. The van der Waals surface area contributed by atoms with Crippen molar-refractivity contribution >= 4 is 23.4 Å². The van der Waals surface area contributed by atoms with Crippen LogP contribution in [0.2, 0.25) is 0 Å². The number of anilines is 2. The number of ether oxygens (including phenoxy) is 2. The van der Waals surface area contributed by atoms with Gasteiger partial charge in [-0.15, -0.1) is 0 Å². The smallest absolute Gasteiger partial charge is 0.414 e. The Balaban J connectivity index is 1.45. The van der Waals surface area contributed by atoms with Crippen LogP contribution in [0.1, 0.15) is 19.8 Å². The van der Waals surface area contributed by atoms with E-state index in [4.69, 9.17) is 9.47 Å². The SMILES string of the molecule is CC(=O)NC[C@H]1CN(c2ccc(N3CCOC4(CCCNC4)C3)c(F)c2)C(=O)O1. The summed E-state index contributed by atoms with van der Waals surface area (Å²) in [7, 11) is 0. The molecule has 2 N–H and O–H groups in total. The van der Waals surface area contributed by atoms with Crippen molar-refractivity contribution < 1.29 is 23.5 Å². The average molecular weight is 406 g/mol. The molecule has 4 rings (SSSR count). The maximum absolute atomic E-state index is 15.0. The van der Waals surface area contributed by atoms with Gasteiger partial charge in [-0.25, -0.2) is 9.18 Å². The van der Waals surface area contributed by atoms with Crippen molar-refractivity contribution in [1.29, 1.82) is 0 Å². The summed E-state index contributed by atoms with van der Waals surface area (Å²) in [6.07, 6.45) is 1.02. The van der Waals surface area contributed by atoms with E-state index in [9.17, 15) is 14.0 Å². The zero-order chi connectivity index (χ0) is 20.4. The molecule has 3 aliphatic heterocycles. The topological polar surface area (TPSA) is 83.1 Å². The molecule has 0 bridgehead atoms. The second kappa shape index (κ2) is 8.16. The van der Waals surface area contributed by atoms with Gasteiger partial charge in [0.25, 0.3) is 0 Å². The minimum absolute atomic E-state index is 0.189. The summed E-state index contributed by atoms with van der Waals surface area (Å²) < 4.78 is 26.3. The van der Waals surface area contributed by atoms with Crippen LogP contribution < -0.4 is 20.4 Å². The molecule has 3 aliphatic rings. The Morgan fingerprint density at radius 2 is 2.31 bits per heavy atom. The predicted octanol–water partition coefficient (Wildman–Crippen LogP) is 1.25. The Morgan fingerprint density at radius 1 is 1.45 bits per heavy atom. The number of nitrogens with one attached hydrogen (secondary N) is 2. The number of amides is 2. The van der Waals surface area contributed by atoms with Gasteiger partial charge in [-0.05, 0) is 37.6 Å². The first-order chi connectivity index (χ1) is 14.0. The van der Waals surface area contributed by atoms with Gasteiger partial charge in [0.2, 0.25) is 5.91 Å². The first kappa shape index (κ1) is 19.9. The summed E-state index contributed by atoms with van der Waals surface area (Å²) >= 11 is 0. The summed E-state index contributed by atoms with van der Waals surface area (Å²) in [5.41, 5.74) is 0.699. The Bertz CT molecular complexity index is 778. The van der Waals surface area contributed by atoms with Crippen molar-refractivity contribution in [3.05, 3.63) is 24.0 Å². The molecule has 1 spiro atoms. The molecule has 3 fully saturated rings. The molecule has 0 radical (unpaired) electrons. The number of halogens is 1. The first-order valence-electron chi connectivity index (χ1n) is 10.1. The lowest BCUT2D eigenvalue weighted by Crippen LogP contribution is -2.59. The van der Waals surface area contributed by atoms with Crippen LogP contribution in [0, 0.1) is 5.82 Å². The lowest BCUT2D eigenvalue weighted by molar-refractivity contribution is -0.119. The molecule has 0 saturated carbocycles. The third-order valence-corrected chi connectivity index (χ3v) is 5.72. The van der Waals surface area contributed by atoms with E-state index in [-0.39, 0.29) is 30.4 Å². The van der Waals surface area contributed by atoms with Gasteiger partial charge >= 0.3 is 6.09 Å². The molecule has 8 nitrogen and oxygen atoms in total. The monoisotopic (exact) mass is 406 g/mol. The van der Waals surface area contributed by atoms with E-state index in [1.807, 2.05) is 4.90 Å². The van der Waals surface area contributed by atoms with E-state index in [1.165, 1.54) is 17.9 Å². The van der Waals surface area contributed by atoms with Crippen LogP contribution in [0.15, 0.2) is 18.2 Å². The van der Waals surface area contributed by atoms with Gasteiger partial charge in [0.1, 0.15) is 11.9 Å². The fourth-order valence-corrected chi connectivity index (χ4v) is 4.27. The average Bonchev–Trinajstić information content (AvgIpc) is 3.07. The Morgan fingerprint density at radius 3 is 3.03 bits per heavy atom. The van der Waals surface area contributed by atoms with Gasteiger partial charge in [0, 0.05) is 26.6 Å². The second-order valence-electron chi connectivity index (χ2n) is 7.92. The summed E-state index contributed by atoms with van der Waals surface area (Å²) in [6.45, 7) is 5.51. The van der Waals surface area contributed by atoms with E-state index in [1.54, 1.807) is 12.1 Å². The highest BCUT2D eigenvalue weighted by molar-refractivity contribution is 5.90. The molecule has 1 aromatic carbocycles. The van der Waals surface area contributed by atoms with Crippen LogP contribution in [0.5, 0.6) is 0 Å². The van der Waals surface area contributed by atoms with E-state index in [0.717, 1.165) is 25.9 Å². The zero-order valence-electron chi connectivity index (χ0n) is 16.6. The standard InChI is InChI=1S/C20H27FN4O4/c1-14(26)23-10-16-11-25(19(27)29-16)15-3-4-18(17(21)9-15)24-7-8-28-20(13-24)5-2-6-22-12-20/h3-4,9,16,22H,2,5-8,10-13H2,1H3,(H,23,26)/t16-,20?/m0/s1. The lowest BCUT2D eigenvalue weighted by atomic mass is 9.92. The van der Waals surface area contributed by atoms with Crippen LogP contribution >= 0.6 is 0 Å². The highest BCUT2D eigenvalue weighted by Gasteiger charge is 2.39. The summed E-state index contributed by atoms with van der Waals surface area (Å²) in [5, 5.41) is 6.01. The minimum atomic E-state index is -0.536. The van der Waals surface area contributed by atoms with Crippen molar-refractivity contribution in [1.82, 2.24) is 10.6 Å². The lowest BCUT2D eigenvalue weighted by Gasteiger charge is -2.46. The number of piperidine rings is 1. The summed E-state index contributed by atoms with van der Waals surface area (Å²) in [4.78, 5) is 26.6. The summed E-state index contributed by atoms with van der Waals surface area (Å²) in [5.74, 6) is -0.562. The fraction of sp³-hybridized carbons (Fsp3) is 0.600. The van der Waals surface area contributed by atoms with Crippen LogP contribution in [-0.4, -0.2) is 69.6 Å². The molecular formula is C20H27FN4O4. The van der Waals surface area contributed by atoms with Crippen molar-refractivity contribution in [3.63, 3.8) is 0 Å². The van der Waals surface area contributed by atoms with Crippen molar-refractivity contribution in [3.8, 4) is 0 Å². The maximum Gasteiger partial charge on any atom is 0.414 e. The largest absolute Gasteiger partial charge is 0.442 e. The molecule has 2 atom stereocenters. The molecule has 158 valence electrons. The van der Waals surface area contributed by atoms with Gasteiger partial charge in [-0.1, -0.05) is 0 Å². The highest BCUT2D eigenvalue weighted by atomic mass is 19.1. The van der Waals surface area contributed by atoms with Gasteiger partial charge in [-0.3, -0.25) is 9.69 Å². The Kier molecular flexibility index (Phi) is 5.60. The first-order valence-corrected chi connectivity index (χ1v) is 10.1. The van der Waals surface area contributed by atoms with Gasteiger partial charge in [-0.2, -0.15) is 0 Å².